The van der Waals surface area contributed by atoms with Gasteiger partial charge in [0.1, 0.15) is 10.4 Å². The van der Waals surface area contributed by atoms with Crippen molar-refractivity contribution in [2.75, 3.05) is 0 Å². The lowest BCUT2D eigenvalue weighted by atomic mass is 10.2. The van der Waals surface area contributed by atoms with Crippen LogP contribution in [-0.2, 0) is 6.54 Å². The van der Waals surface area contributed by atoms with E-state index >= 15 is 0 Å². The van der Waals surface area contributed by atoms with Crippen LogP contribution in [-0.4, -0.2) is 14.9 Å². The van der Waals surface area contributed by atoms with Crippen molar-refractivity contribution in [2.24, 2.45) is 0 Å². The van der Waals surface area contributed by atoms with Gasteiger partial charge in [0.2, 0.25) is 0 Å². The van der Waals surface area contributed by atoms with Crippen LogP contribution in [0, 0.1) is 0 Å². The molecule has 2 rings (SSSR count). The molecule has 0 saturated heterocycles. The number of hydrogen-bond donors (Lipinski definition) is 1. The molecule has 3 nitrogen and oxygen atoms in total. The minimum Gasteiger partial charge on any atom is -0.383 e. The van der Waals surface area contributed by atoms with Crippen molar-refractivity contribution < 1.29 is 5.11 Å². The highest BCUT2D eigenvalue weighted by Gasteiger charge is 2.16. The molecule has 0 bridgehead atoms. The van der Waals surface area contributed by atoms with Gasteiger partial charge in [0.05, 0.1) is 6.20 Å². The number of nitrogens with zero attached hydrogens (tertiary/aromatic N) is 2. The molecule has 0 radical (unpaired) electrons. The highest BCUT2D eigenvalue weighted by atomic mass is 79.9. The fourth-order valence-electron chi connectivity index (χ4n) is 1.53. The van der Waals surface area contributed by atoms with Gasteiger partial charge in [-0.3, -0.25) is 4.68 Å². The second kappa shape index (κ2) is 5.52. The van der Waals surface area contributed by atoms with E-state index in [-0.39, 0.29) is 0 Å². The van der Waals surface area contributed by atoms with Gasteiger partial charge in [-0.2, -0.15) is 5.10 Å². The lowest BCUT2D eigenvalue weighted by molar-refractivity contribution is 0.224. The average Bonchev–Trinajstić information content (AvgIpc) is 2.87. The molecular formula is C11H12BrClN2OS. The summed E-state index contributed by atoms with van der Waals surface area (Å²) in [7, 11) is 0. The average molecular weight is 336 g/mol. The fraction of sp³-hybridized carbons (Fsp3) is 0.364. The van der Waals surface area contributed by atoms with E-state index in [2.05, 4.69) is 28.0 Å². The zero-order chi connectivity index (χ0) is 12.4. The third kappa shape index (κ3) is 2.91. The first kappa shape index (κ1) is 13.1. The molecule has 0 aliphatic carbocycles. The van der Waals surface area contributed by atoms with Gasteiger partial charge in [0, 0.05) is 27.7 Å². The fourth-order valence-corrected chi connectivity index (χ4v) is 3.29. The third-order valence-corrected chi connectivity index (χ3v) is 4.88. The van der Waals surface area contributed by atoms with E-state index in [1.807, 2.05) is 16.9 Å². The summed E-state index contributed by atoms with van der Waals surface area (Å²) in [6.07, 6.45) is 3.93. The minimum absolute atomic E-state index is 0.653. The Labute approximate surface area is 117 Å². The van der Waals surface area contributed by atoms with Gasteiger partial charge in [-0.15, -0.1) is 11.3 Å². The highest BCUT2D eigenvalue weighted by molar-refractivity contribution is 9.10. The number of hydrogen-bond acceptors (Lipinski definition) is 3. The second-order valence-corrected chi connectivity index (χ2v) is 6.25. The van der Waals surface area contributed by atoms with Crippen LogP contribution in [0.2, 0.25) is 4.34 Å². The molecule has 2 aromatic heterocycles. The maximum Gasteiger partial charge on any atom is 0.116 e. The van der Waals surface area contributed by atoms with Crippen molar-refractivity contribution in [3.63, 3.8) is 0 Å². The first-order chi connectivity index (χ1) is 8.11. The molecule has 0 aliphatic heterocycles. The topological polar surface area (TPSA) is 38.0 Å². The van der Waals surface area contributed by atoms with E-state index in [1.165, 1.54) is 11.3 Å². The predicted molar refractivity (Wildman–Crippen MR) is 73.6 cm³/mol. The van der Waals surface area contributed by atoms with Gasteiger partial charge in [-0.1, -0.05) is 18.5 Å². The van der Waals surface area contributed by atoms with Crippen LogP contribution in [0.1, 0.15) is 29.9 Å². The van der Waals surface area contributed by atoms with Crippen LogP contribution in [0.5, 0.6) is 0 Å². The van der Waals surface area contributed by atoms with E-state index in [4.69, 9.17) is 11.6 Å². The summed E-state index contributed by atoms with van der Waals surface area (Å²) >= 11 is 10.7. The van der Waals surface area contributed by atoms with Crippen molar-refractivity contribution in [2.45, 2.75) is 26.0 Å². The maximum atomic E-state index is 10.2. The van der Waals surface area contributed by atoms with Crippen molar-refractivity contribution in [3.05, 3.63) is 37.7 Å². The van der Waals surface area contributed by atoms with Gasteiger partial charge in [0.15, 0.2) is 0 Å². The number of thiophene rings is 1. The number of halogens is 2. The Bertz CT molecular complexity index is 492. The van der Waals surface area contributed by atoms with E-state index in [9.17, 15) is 5.11 Å². The predicted octanol–water partition coefficient (Wildman–Crippen LogP) is 3.85. The number of aromatic nitrogens is 2. The molecule has 0 aromatic carbocycles. The molecule has 1 N–H and O–H groups in total. The molecule has 0 spiro atoms. The molecule has 1 unspecified atom stereocenters. The Morgan fingerprint density at radius 3 is 3.00 bits per heavy atom. The Morgan fingerprint density at radius 1 is 1.65 bits per heavy atom. The van der Waals surface area contributed by atoms with E-state index < -0.39 is 6.10 Å². The molecule has 17 heavy (non-hydrogen) atoms. The first-order valence-electron chi connectivity index (χ1n) is 5.27. The van der Waals surface area contributed by atoms with Gasteiger partial charge in [-0.05, 0) is 28.4 Å². The maximum absolute atomic E-state index is 10.2. The highest BCUT2D eigenvalue weighted by Crippen LogP contribution is 2.37. The lowest BCUT2D eigenvalue weighted by Crippen LogP contribution is -1.97. The summed E-state index contributed by atoms with van der Waals surface area (Å²) in [5, 5.41) is 14.4. The Balaban J connectivity index is 2.20. The Hall–Kier alpha value is -0.360. The van der Waals surface area contributed by atoms with Crippen LogP contribution < -0.4 is 0 Å². The van der Waals surface area contributed by atoms with Crippen molar-refractivity contribution in [1.29, 1.82) is 0 Å². The van der Waals surface area contributed by atoms with Crippen LogP contribution >= 0.6 is 38.9 Å². The number of aliphatic hydroxyl groups is 1. The SMILES string of the molecule is CCCn1cc(C(O)c2cc(Br)c(Cl)s2)cn1. The number of rotatable bonds is 4. The summed E-state index contributed by atoms with van der Waals surface area (Å²) in [5.41, 5.74) is 0.795. The van der Waals surface area contributed by atoms with Crippen molar-refractivity contribution in [3.8, 4) is 0 Å². The van der Waals surface area contributed by atoms with E-state index in [1.54, 1.807) is 6.20 Å². The molecule has 6 heteroatoms. The third-order valence-electron chi connectivity index (χ3n) is 2.36. The van der Waals surface area contributed by atoms with Crippen molar-refractivity contribution in [1.82, 2.24) is 9.78 Å². The van der Waals surface area contributed by atoms with Gasteiger partial charge in [-0.25, -0.2) is 0 Å². The minimum atomic E-state index is -0.658. The number of aryl methyl sites for hydroxylation is 1. The summed E-state index contributed by atoms with van der Waals surface area (Å²) in [4.78, 5) is 0.818. The quantitative estimate of drug-likeness (QED) is 0.921. The molecular weight excluding hydrogens is 324 g/mol. The molecule has 0 fully saturated rings. The van der Waals surface area contributed by atoms with Crippen LogP contribution in [0.4, 0.5) is 0 Å². The van der Waals surface area contributed by atoms with Crippen LogP contribution in [0.25, 0.3) is 0 Å². The monoisotopic (exact) mass is 334 g/mol. The molecule has 92 valence electrons. The smallest absolute Gasteiger partial charge is 0.116 e. The Kier molecular flexibility index (Phi) is 4.25. The normalized spacial score (nSPS) is 12.9. The van der Waals surface area contributed by atoms with Gasteiger partial charge < -0.3 is 5.11 Å². The second-order valence-electron chi connectivity index (χ2n) is 3.71. The standard InChI is InChI=1S/C11H12BrClN2OS/c1-2-3-15-6-7(5-14-15)10(16)9-4-8(12)11(13)17-9/h4-6,10,16H,2-3H2,1H3. The summed E-state index contributed by atoms with van der Waals surface area (Å²) in [5.74, 6) is 0. The van der Waals surface area contributed by atoms with Crippen LogP contribution in [0.15, 0.2) is 22.9 Å². The van der Waals surface area contributed by atoms with Crippen LogP contribution in [0.3, 0.4) is 0 Å². The molecule has 0 saturated carbocycles. The van der Waals surface area contributed by atoms with Gasteiger partial charge in [0.25, 0.3) is 0 Å². The summed E-state index contributed by atoms with van der Waals surface area (Å²) in [6.45, 7) is 2.95. The molecule has 0 aliphatic rings. The van der Waals surface area contributed by atoms with E-state index in [0.29, 0.717) is 4.34 Å². The zero-order valence-electron chi connectivity index (χ0n) is 9.23. The molecule has 0 amide bonds. The molecule has 2 aromatic rings. The van der Waals surface area contributed by atoms with Crippen molar-refractivity contribution >= 4 is 38.9 Å². The van der Waals surface area contributed by atoms with E-state index in [0.717, 1.165) is 27.9 Å². The summed E-state index contributed by atoms with van der Waals surface area (Å²) in [6, 6.07) is 1.84. The number of aliphatic hydroxyl groups excluding tert-OH is 1. The Morgan fingerprint density at radius 2 is 2.41 bits per heavy atom. The molecule has 1 atom stereocenters. The zero-order valence-corrected chi connectivity index (χ0v) is 12.4. The first-order valence-corrected chi connectivity index (χ1v) is 7.25. The van der Waals surface area contributed by atoms with Gasteiger partial charge >= 0.3 is 0 Å². The largest absolute Gasteiger partial charge is 0.383 e. The summed E-state index contributed by atoms with van der Waals surface area (Å²) < 4.78 is 3.31. The lowest BCUT2D eigenvalue weighted by Gasteiger charge is -2.04. The molecule has 2 heterocycles.